The molecule has 0 radical (unpaired) electrons. The molecule has 0 aliphatic heterocycles. The molecule has 4 N–H and O–H groups in total. The summed E-state index contributed by atoms with van der Waals surface area (Å²) in [5, 5.41) is 0. The lowest BCUT2D eigenvalue weighted by Crippen LogP contribution is -2.29. The summed E-state index contributed by atoms with van der Waals surface area (Å²) in [5.74, 6) is 0. The monoisotopic (exact) mass is 262 g/mol. The maximum atomic E-state index is 12.6. The number of halogens is 3. The summed E-state index contributed by atoms with van der Waals surface area (Å²) < 4.78 is 42.6. The van der Waals surface area contributed by atoms with Crippen LogP contribution in [-0.2, 0) is 16.5 Å². The number of amides is 1. The molecule has 1 rings (SSSR count). The zero-order valence-corrected chi connectivity index (χ0v) is 9.84. The zero-order valence-electron chi connectivity index (χ0n) is 9.84. The van der Waals surface area contributed by atoms with Crippen molar-refractivity contribution in [3.63, 3.8) is 0 Å². The maximum Gasteiger partial charge on any atom is 0.416 e. The molecule has 0 atom stereocenters. The quantitative estimate of drug-likeness (QED) is 0.804. The van der Waals surface area contributed by atoms with E-state index in [0.717, 1.165) is 12.1 Å². The van der Waals surface area contributed by atoms with E-state index >= 15 is 0 Å². The summed E-state index contributed by atoms with van der Waals surface area (Å²) in [4.78, 5) is 10.7. The van der Waals surface area contributed by atoms with Gasteiger partial charge in [0.2, 0.25) is 0 Å². The van der Waals surface area contributed by atoms with Gasteiger partial charge in [0.25, 0.3) is 0 Å². The first-order valence-corrected chi connectivity index (χ1v) is 4.99. The maximum absolute atomic E-state index is 12.6. The zero-order chi connectivity index (χ0) is 14.1. The molecule has 18 heavy (non-hydrogen) atoms. The molecule has 0 fully saturated rings. The van der Waals surface area contributed by atoms with E-state index < -0.39 is 23.4 Å². The Hall–Kier alpha value is -1.92. The van der Waals surface area contributed by atoms with Crippen molar-refractivity contribution in [1.29, 1.82) is 0 Å². The largest absolute Gasteiger partial charge is 0.439 e. The number of hydrogen-bond donors (Lipinski definition) is 2. The molecule has 1 aromatic rings. The summed E-state index contributed by atoms with van der Waals surface area (Å²) in [5.41, 5.74) is 8.13. The number of anilines is 1. The molecule has 0 spiro atoms. The fourth-order valence-corrected chi connectivity index (χ4v) is 1.47. The van der Waals surface area contributed by atoms with E-state index in [1.54, 1.807) is 0 Å². The molecular weight excluding hydrogens is 249 g/mol. The lowest BCUT2D eigenvalue weighted by atomic mass is 9.95. The number of ether oxygens (including phenoxy) is 1. The Balaban J connectivity index is 3.25. The summed E-state index contributed by atoms with van der Waals surface area (Å²) in [6.07, 6.45) is -5.59. The Morgan fingerprint density at radius 2 is 1.67 bits per heavy atom. The van der Waals surface area contributed by atoms with E-state index in [2.05, 4.69) is 0 Å². The van der Waals surface area contributed by atoms with Gasteiger partial charge in [-0.3, -0.25) is 0 Å². The molecule has 1 aromatic carbocycles. The first-order valence-electron chi connectivity index (χ1n) is 4.99. The van der Waals surface area contributed by atoms with Crippen LogP contribution < -0.4 is 11.5 Å². The third kappa shape index (κ3) is 3.28. The van der Waals surface area contributed by atoms with E-state index in [4.69, 9.17) is 16.2 Å². The highest BCUT2D eigenvalue weighted by Gasteiger charge is 2.33. The van der Waals surface area contributed by atoms with Crippen molar-refractivity contribution in [3.8, 4) is 0 Å². The fraction of sp³-hybridized carbons (Fsp3) is 0.364. The number of nitrogen functional groups attached to an aromatic ring is 1. The van der Waals surface area contributed by atoms with Gasteiger partial charge < -0.3 is 16.2 Å². The predicted molar refractivity (Wildman–Crippen MR) is 59.6 cm³/mol. The fourth-order valence-electron chi connectivity index (χ4n) is 1.47. The van der Waals surface area contributed by atoms with Crippen LogP contribution in [0.3, 0.4) is 0 Å². The summed E-state index contributed by atoms with van der Waals surface area (Å²) in [6, 6.07) is 2.99. The highest BCUT2D eigenvalue weighted by molar-refractivity contribution is 5.65. The van der Waals surface area contributed by atoms with Crippen molar-refractivity contribution in [2.75, 3.05) is 5.73 Å². The van der Waals surface area contributed by atoms with Crippen LogP contribution in [0.25, 0.3) is 0 Å². The Morgan fingerprint density at radius 3 is 2.11 bits per heavy atom. The lowest BCUT2D eigenvalue weighted by Gasteiger charge is -2.25. The number of carbonyl (C=O) groups excluding carboxylic acids is 1. The number of rotatable bonds is 2. The summed E-state index contributed by atoms with van der Waals surface area (Å²) >= 11 is 0. The average Bonchev–Trinajstić information content (AvgIpc) is 2.13. The number of carbonyl (C=O) groups is 1. The van der Waals surface area contributed by atoms with Gasteiger partial charge in [-0.25, -0.2) is 4.79 Å². The van der Waals surface area contributed by atoms with Crippen LogP contribution in [0.5, 0.6) is 0 Å². The van der Waals surface area contributed by atoms with Crippen molar-refractivity contribution in [2.45, 2.75) is 25.6 Å². The highest BCUT2D eigenvalue weighted by atomic mass is 19.4. The summed E-state index contributed by atoms with van der Waals surface area (Å²) in [7, 11) is 0. The molecule has 0 aliphatic carbocycles. The van der Waals surface area contributed by atoms with Gasteiger partial charge in [-0.05, 0) is 37.6 Å². The van der Waals surface area contributed by atoms with Crippen molar-refractivity contribution in [3.05, 3.63) is 29.3 Å². The van der Waals surface area contributed by atoms with Gasteiger partial charge in [-0.2, -0.15) is 13.2 Å². The smallest absolute Gasteiger partial charge is 0.416 e. The Labute approximate surface area is 102 Å². The molecule has 0 heterocycles. The molecule has 0 saturated heterocycles. The molecule has 1 amide bonds. The lowest BCUT2D eigenvalue weighted by molar-refractivity contribution is -0.137. The van der Waals surface area contributed by atoms with Gasteiger partial charge in [0.1, 0.15) is 5.60 Å². The van der Waals surface area contributed by atoms with Crippen LogP contribution in [0.15, 0.2) is 18.2 Å². The van der Waals surface area contributed by atoms with Gasteiger partial charge in [0.15, 0.2) is 0 Å². The molecule has 0 aliphatic rings. The number of primary amides is 1. The average molecular weight is 262 g/mol. The molecule has 0 bridgehead atoms. The molecule has 0 saturated carbocycles. The second-order valence-electron chi connectivity index (χ2n) is 4.27. The Kier molecular flexibility index (Phi) is 3.45. The van der Waals surface area contributed by atoms with E-state index in [-0.39, 0.29) is 11.3 Å². The number of nitrogens with two attached hydrogens (primary N) is 2. The minimum absolute atomic E-state index is 0.0685. The highest BCUT2D eigenvalue weighted by Crippen LogP contribution is 2.35. The third-order valence-electron chi connectivity index (χ3n) is 2.33. The standard InChI is InChI=1S/C11H13F3N2O2/c1-10(2,18-9(16)17)6-3-7(11(12,13)14)5-8(15)4-6/h3-5H,15H2,1-2H3,(H2,16,17). The van der Waals surface area contributed by atoms with Crippen molar-refractivity contribution < 1.29 is 22.7 Å². The second kappa shape index (κ2) is 4.40. The van der Waals surface area contributed by atoms with Crippen LogP contribution in [0.2, 0.25) is 0 Å². The van der Waals surface area contributed by atoms with E-state index in [0.29, 0.717) is 0 Å². The van der Waals surface area contributed by atoms with Crippen molar-refractivity contribution >= 4 is 11.8 Å². The van der Waals surface area contributed by atoms with Crippen LogP contribution in [0.1, 0.15) is 25.0 Å². The number of benzene rings is 1. The normalized spacial score (nSPS) is 12.3. The SMILES string of the molecule is CC(C)(OC(N)=O)c1cc(N)cc(C(F)(F)F)c1. The van der Waals surface area contributed by atoms with Gasteiger partial charge in [-0.1, -0.05) is 0 Å². The predicted octanol–water partition coefficient (Wildman–Crippen LogP) is 2.62. The topological polar surface area (TPSA) is 78.3 Å². The first-order chi connectivity index (χ1) is 8.02. The molecule has 100 valence electrons. The minimum Gasteiger partial charge on any atom is -0.439 e. The molecular formula is C11H13F3N2O2. The summed E-state index contributed by atoms with van der Waals surface area (Å²) in [6.45, 7) is 2.85. The molecule has 0 unspecified atom stereocenters. The van der Waals surface area contributed by atoms with Crippen LogP contribution >= 0.6 is 0 Å². The van der Waals surface area contributed by atoms with Crippen LogP contribution in [-0.4, -0.2) is 6.09 Å². The first kappa shape index (κ1) is 14.1. The number of alkyl halides is 3. The van der Waals surface area contributed by atoms with Crippen molar-refractivity contribution in [1.82, 2.24) is 0 Å². The molecule has 4 nitrogen and oxygen atoms in total. The minimum atomic E-state index is -4.52. The second-order valence-corrected chi connectivity index (χ2v) is 4.27. The Morgan fingerprint density at radius 1 is 1.17 bits per heavy atom. The van der Waals surface area contributed by atoms with Gasteiger partial charge in [-0.15, -0.1) is 0 Å². The van der Waals surface area contributed by atoms with Gasteiger partial charge >= 0.3 is 12.3 Å². The van der Waals surface area contributed by atoms with E-state index in [1.807, 2.05) is 0 Å². The molecule has 7 heteroatoms. The number of hydrogen-bond acceptors (Lipinski definition) is 3. The Bertz CT molecular complexity index is 470. The molecule has 0 aromatic heterocycles. The van der Waals surface area contributed by atoms with Crippen LogP contribution in [0, 0.1) is 0 Å². The van der Waals surface area contributed by atoms with Crippen LogP contribution in [0.4, 0.5) is 23.7 Å². The van der Waals surface area contributed by atoms with E-state index in [9.17, 15) is 18.0 Å². The van der Waals surface area contributed by atoms with Gasteiger partial charge in [0, 0.05) is 5.69 Å². The van der Waals surface area contributed by atoms with Crippen molar-refractivity contribution in [2.24, 2.45) is 5.73 Å². The third-order valence-corrected chi connectivity index (χ3v) is 2.33. The van der Waals surface area contributed by atoms with Gasteiger partial charge in [0.05, 0.1) is 5.56 Å². The van der Waals surface area contributed by atoms with E-state index in [1.165, 1.54) is 19.9 Å².